The molecule has 0 unspecified atom stereocenters. The first-order valence-electron chi connectivity index (χ1n) is 8.33. The zero-order valence-corrected chi connectivity index (χ0v) is 13.7. The molecule has 0 aliphatic carbocycles. The van der Waals surface area contributed by atoms with Gasteiger partial charge in [0.15, 0.2) is 5.75 Å². The summed E-state index contributed by atoms with van der Waals surface area (Å²) in [5.41, 5.74) is 3.10. The van der Waals surface area contributed by atoms with E-state index >= 15 is 0 Å². The van der Waals surface area contributed by atoms with Crippen molar-refractivity contribution in [1.82, 2.24) is 9.88 Å². The average molecular weight is 312 g/mol. The lowest BCUT2D eigenvalue weighted by atomic mass is 10.1. The molecular formula is C19H24N2O2. The Labute approximate surface area is 137 Å². The quantitative estimate of drug-likeness (QED) is 0.922. The van der Waals surface area contributed by atoms with Gasteiger partial charge in [-0.05, 0) is 44.0 Å². The van der Waals surface area contributed by atoms with Crippen molar-refractivity contribution in [2.24, 2.45) is 0 Å². The van der Waals surface area contributed by atoms with Crippen LogP contribution in [-0.2, 0) is 13.2 Å². The number of aromatic amines is 1. The molecule has 0 spiro atoms. The number of aromatic nitrogens is 1. The summed E-state index contributed by atoms with van der Waals surface area (Å²) in [6.07, 6.45) is 5.64. The number of benzene rings is 1. The van der Waals surface area contributed by atoms with Gasteiger partial charge in [0.25, 0.3) is 0 Å². The molecule has 0 saturated carbocycles. The smallest absolute Gasteiger partial charge is 0.223 e. The Bertz CT molecular complexity index is 685. The lowest BCUT2D eigenvalue weighted by molar-refractivity contribution is 0.221. The lowest BCUT2D eigenvalue weighted by Crippen LogP contribution is -2.29. The normalized spacial score (nSPS) is 15.5. The van der Waals surface area contributed by atoms with Gasteiger partial charge in [-0.1, -0.05) is 30.7 Å². The van der Waals surface area contributed by atoms with Crippen LogP contribution in [0.15, 0.2) is 41.3 Å². The van der Waals surface area contributed by atoms with Gasteiger partial charge in [0.1, 0.15) is 6.61 Å². The Kier molecular flexibility index (Phi) is 5.13. The highest BCUT2D eigenvalue weighted by atomic mass is 16.5. The fourth-order valence-electron chi connectivity index (χ4n) is 3.02. The lowest BCUT2D eigenvalue weighted by Gasteiger charge is -2.26. The van der Waals surface area contributed by atoms with E-state index in [1.54, 1.807) is 6.20 Å². The summed E-state index contributed by atoms with van der Waals surface area (Å²) < 4.78 is 5.69. The van der Waals surface area contributed by atoms with Crippen LogP contribution < -0.4 is 10.2 Å². The third-order valence-electron chi connectivity index (χ3n) is 4.36. The standard InChI is InChI=1S/C19H24N2O2/c1-15-19(18(22)9-10-20-15)23-14-17-7-5-16(6-8-17)13-21-11-3-2-4-12-21/h5-10H,2-4,11-14H2,1H3,(H,20,22). The van der Waals surface area contributed by atoms with Gasteiger partial charge in [0, 0.05) is 18.8 Å². The molecule has 122 valence electrons. The van der Waals surface area contributed by atoms with E-state index in [9.17, 15) is 4.79 Å². The predicted octanol–water partition coefficient (Wildman–Crippen LogP) is 3.25. The van der Waals surface area contributed by atoms with Crippen LogP contribution in [0.3, 0.4) is 0 Å². The first-order valence-corrected chi connectivity index (χ1v) is 8.33. The van der Waals surface area contributed by atoms with Gasteiger partial charge < -0.3 is 9.72 Å². The summed E-state index contributed by atoms with van der Waals surface area (Å²) in [6.45, 7) is 5.71. The van der Waals surface area contributed by atoms with E-state index in [0.717, 1.165) is 17.8 Å². The summed E-state index contributed by atoms with van der Waals surface area (Å²) in [5, 5.41) is 0. The summed E-state index contributed by atoms with van der Waals surface area (Å²) in [5.74, 6) is 0.407. The van der Waals surface area contributed by atoms with Gasteiger partial charge in [0.05, 0.1) is 5.69 Å². The molecule has 1 aromatic carbocycles. The van der Waals surface area contributed by atoms with Crippen LogP contribution in [0.2, 0.25) is 0 Å². The topological polar surface area (TPSA) is 45.3 Å². The van der Waals surface area contributed by atoms with E-state index in [-0.39, 0.29) is 5.43 Å². The Morgan fingerprint density at radius 2 is 1.74 bits per heavy atom. The van der Waals surface area contributed by atoms with E-state index in [0.29, 0.717) is 12.4 Å². The zero-order valence-electron chi connectivity index (χ0n) is 13.7. The van der Waals surface area contributed by atoms with E-state index in [1.165, 1.54) is 44.0 Å². The minimum Gasteiger partial charge on any atom is -0.483 e. The Balaban J connectivity index is 1.58. The number of ether oxygens (including phenoxy) is 1. The molecule has 0 radical (unpaired) electrons. The Morgan fingerprint density at radius 3 is 2.43 bits per heavy atom. The molecule has 1 aliphatic rings. The first-order chi connectivity index (χ1) is 11.2. The number of piperidine rings is 1. The van der Waals surface area contributed by atoms with Crippen molar-refractivity contribution >= 4 is 0 Å². The maximum absolute atomic E-state index is 11.8. The number of nitrogens with zero attached hydrogens (tertiary/aromatic N) is 1. The van der Waals surface area contributed by atoms with Crippen molar-refractivity contribution in [2.75, 3.05) is 13.1 Å². The van der Waals surface area contributed by atoms with Gasteiger partial charge in [-0.15, -0.1) is 0 Å². The molecule has 2 aromatic rings. The number of nitrogens with one attached hydrogen (secondary N) is 1. The van der Waals surface area contributed by atoms with Gasteiger partial charge in [0.2, 0.25) is 5.43 Å². The fourth-order valence-corrected chi connectivity index (χ4v) is 3.02. The van der Waals surface area contributed by atoms with Crippen LogP contribution in [0, 0.1) is 6.92 Å². The number of hydrogen-bond donors (Lipinski definition) is 1. The maximum atomic E-state index is 11.8. The predicted molar refractivity (Wildman–Crippen MR) is 91.7 cm³/mol. The molecule has 0 atom stereocenters. The Morgan fingerprint density at radius 1 is 1.04 bits per heavy atom. The molecule has 0 amide bonds. The van der Waals surface area contributed by atoms with Crippen molar-refractivity contribution in [2.45, 2.75) is 39.3 Å². The average Bonchev–Trinajstić information content (AvgIpc) is 2.57. The Hall–Kier alpha value is -2.07. The maximum Gasteiger partial charge on any atom is 0.223 e. The SMILES string of the molecule is Cc1[nH]ccc(=O)c1OCc1ccc(CN2CCCCC2)cc1. The molecule has 1 saturated heterocycles. The number of H-pyrrole nitrogens is 1. The van der Waals surface area contributed by atoms with Crippen molar-refractivity contribution in [3.63, 3.8) is 0 Å². The number of hydrogen-bond acceptors (Lipinski definition) is 3. The number of rotatable bonds is 5. The third kappa shape index (κ3) is 4.23. The summed E-state index contributed by atoms with van der Waals surface area (Å²) in [7, 11) is 0. The van der Waals surface area contributed by atoms with Crippen LogP contribution in [0.5, 0.6) is 5.75 Å². The third-order valence-corrected chi connectivity index (χ3v) is 4.36. The second-order valence-electron chi connectivity index (χ2n) is 6.24. The van der Waals surface area contributed by atoms with Gasteiger partial charge in [-0.3, -0.25) is 9.69 Å². The van der Waals surface area contributed by atoms with E-state index in [2.05, 4.69) is 34.1 Å². The highest BCUT2D eigenvalue weighted by Gasteiger charge is 2.10. The van der Waals surface area contributed by atoms with Crippen LogP contribution >= 0.6 is 0 Å². The molecule has 1 aliphatic heterocycles. The molecule has 2 heterocycles. The highest BCUT2D eigenvalue weighted by Crippen LogP contribution is 2.15. The summed E-state index contributed by atoms with van der Waals surface area (Å²) in [4.78, 5) is 17.3. The molecule has 1 fully saturated rings. The van der Waals surface area contributed by atoms with Crippen molar-refractivity contribution in [1.29, 1.82) is 0 Å². The molecule has 23 heavy (non-hydrogen) atoms. The van der Waals surface area contributed by atoms with Gasteiger partial charge in [-0.25, -0.2) is 0 Å². The van der Waals surface area contributed by atoms with E-state index in [1.807, 2.05) is 6.92 Å². The van der Waals surface area contributed by atoms with Crippen LogP contribution in [0.25, 0.3) is 0 Å². The van der Waals surface area contributed by atoms with Crippen LogP contribution in [-0.4, -0.2) is 23.0 Å². The van der Waals surface area contributed by atoms with Crippen molar-refractivity contribution < 1.29 is 4.74 Å². The van der Waals surface area contributed by atoms with Crippen LogP contribution in [0.4, 0.5) is 0 Å². The minimum absolute atomic E-state index is 0.0806. The monoisotopic (exact) mass is 312 g/mol. The summed E-state index contributed by atoms with van der Waals surface area (Å²) in [6, 6.07) is 9.99. The molecule has 0 bridgehead atoms. The summed E-state index contributed by atoms with van der Waals surface area (Å²) >= 11 is 0. The first kappa shape index (κ1) is 15.8. The van der Waals surface area contributed by atoms with E-state index < -0.39 is 0 Å². The second-order valence-corrected chi connectivity index (χ2v) is 6.24. The molecule has 3 rings (SSSR count). The number of aryl methyl sites for hydroxylation is 1. The fraction of sp³-hybridized carbons (Fsp3) is 0.421. The van der Waals surface area contributed by atoms with Crippen molar-refractivity contribution in [3.05, 3.63) is 63.6 Å². The second kappa shape index (κ2) is 7.47. The highest BCUT2D eigenvalue weighted by molar-refractivity contribution is 5.27. The number of pyridine rings is 1. The molecule has 4 nitrogen and oxygen atoms in total. The van der Waals surface area contributed by atoms with Crippen LogP contribution in [0.1, 0.15) is 36.1 Å². The van der Waals surface area contributed by atoms with Gasteiger partial charge in [-0.2, -0.15) is 0 Å². The number of likely N-dealkylation sites (tertiary alicyclic amines) is 1. The van der Waals surface area contributed by atoms with E-state index in [4.69, 9.17) is 4.74 Å². The molecule has 1 N–H and O–H groups in total. The molecule has 4 heteroatoms. The zero-order chi connectivity index (χ0) is 16.1. The van der Waals surface area contributed by atoms with Gasteiger partial charge >= 0.3 is 0 Å². The molecule has 1 aromatic heterocycles. The minimum atomic E-state index is -0.0806. The largest absolute Gasteiger partial charge is 0.483 e. The van der Waals surface area contributed by atoms with Crippen molar-refractivity contribution in [3.8, 4) is 5.75 Å². The molecular weight excluding hydrogens is 288 g/mol.